The SMILES string of the molecule is COC1C[C@@H](OC(=O)c2ccc3ccccc3c2)[C@H](COC(=O)c2ccc3ccccc3c2)O1. The van der Waals surface area contributed by atoms with E-state index in [4.69, 9.17) is 18.9 Å². The average molecular weight is 456 g/mol. The maximum Gasteiger partial charge on any atom is 0.338 e. The maximum absolute atomic E-state index is 12.8. The number of ether oxygens (including phenoxy) is 4. The molecule has 5 rings (SSSR count). The molecule has 0 radical (unpaired) electrons. The Kier molecular flexibility index (Phi) is 6.25. The number of carbonyl (C=O) groups excluding carboxylic acids is 2. The summed E-state index contributed by atoms with van der Waals surface area (Å²) < 4.78 is 22.4. The van der Waals surface area contributed by atoms with Crippen LogP contribution in [0.15, 0.2) is 84.9 Å². The van der Waals surface area contributed by atoms with Crippen molar-refractivity contribution < 1.29 is 28.5 Å². The molecule has 0 bridgehead atoms. The fourth-order valence-corrected chi connectivity index (χ4v) is 4.18. The van der Waals surface area contributed by atoms with Crippen molar-refractivity contribution in [1.29, 1.82) is 0 Å². The van der Waals surface area contributed by atoms with Crippen molar-refractivity contribution in [2.45, 2.75) is 24.9 Å². The third-order valence-corrected chi connectivity index (χ3v) is 6.04. The second kappa shape index (κ2) is 9.63. The number of fused-ring (bicyclic) bond motifs is 2. The summed E-state index contributed by atoms with van der Waals surface area (Å²) in [5, 5.41) is 3.99. The first kappa shape index (κ1) is 22.1. The number of esters is 2. The number of benzene rings is 4. The minimum absolute atomic E-state index is 0.0544. The van der Waals surface area contributed by atoms with Gasteiger partial charge in [0.1, 0.15) is 18.8 Å². The lowest BCUT2D eigenvalue weighted by atomic mass is 10.1. The van der Waals surface area contributed by atoms with Gasteiger partial charge in [-0.15, -0.1) is 0 Å². The Bertz CT molecular complexity index is 1350. The van der Waals surface area contributed by atoms with Crippen molar-refractivity contribution in [3.8, 4) is 0 Å². The fourth-order valence-electron chi connectivity index (χ4n) is 4.18. The first-order valence-electron chi connectivity index (χ1n) is 11.1. The van der Waals surface area contributed by atoms with Crippen molar-refractivity contribution in [2.24, 2.45) is 0 Å². The molecule has 0 aromatic heterocycles. The maximum atomic E-state index is 12.8. The third-order valence-electron chi connectivity index (χ3n) is 6.04. The zero-order valence-electron chi connectivity index (χ0n) is 18.7. The van der Waals surface area contributed by atoms with Crippen LogP contribution in [-0.2, 0) is 18.9 Å². The van der Waals surface area contributed by atoms with E-state index in [0.717, 1.165) is 21.5 Å². The van der Waals surface area contributed by atoms with Crippen LogP contribution in [0.1, 0.15) is 27.1 Å². The molecule has 0 N–H and O–H groups in total. The molecule has 1 saturated heterocycles. The molecule has 1 aliphatic rings. The molecule has 172 valence electrons. The van der Waals surface area contributed by atoms with Gasteiger partial charge in [0, 0.05) is 13.5 Å². The molecule has 0 amide bonds. The number of rotatable bonds is 6. The van der Waals surface area contributed by atoms with E-state index in [2.05, 4.69) is 0 Å². The van der Waals surface area contributed by atoms with E-state index in [1.54, 1.807) is 24.3 Å². The summed E-state index contributed by atoms with van der Waals surface area (Å²) in [4.78, 5) is 25.5. The van der Waals surface area contributed by atoms with Gasteiger partial charge in [-0.1, -0.05) is 60.7 Å². The normalized spacial score (nSPS) is 19.9. The van der Waals surface area contributed by atoms with Crippen LogP contribution < -0.4 is 0 Å². The van der Waals surface area contributed by atoms with Gasteiger partial charge in [-0.25, -0.2) is 9.59 Å². The predicted octanol–water partition coefficient (Wildman–Crippen LogP) is 5.14. The van der Waals surface area contributed by atoms with E-state index in [0.29, 0.717) is 17.5 Å². The summed E-state index contributed by atoms with van der Waals surface area (Å²) in [5.74, 6) is -0.920. The molecule has 0 saturated carbocycles. The van der Waals surface area contributed by atoms with Gasteiger partial charge in [0.2, 0.25) is 0 Å². The summed E-state index contributed by atoms with van der Waals surface area (Å²) in [6, 6.07) is 26.4. The number of hydrogen-bond acceptors (Lipinski definition) is 6. The van der Waals surface area contributed by atoms with E-state index < -0.39 is 30.4 Å². The van der Waals surface area contributed by atoms with Crippen LogP contribution in [0.3, 0.4) is 0 Å². The second-order valence-corrected chi connectivity index (χ2v) is 8.24. The topological polar surface area (TPSA) is 71.1 Å². The summed E-state index contributed by atoms with van der Waals surface area (Å²) in [6.07, 6.45) is -1.42. The Morgan fingerprint density at radius 3 is 1.94 bits per heavy atom. The highest BCUT2D eigenvalue weighted by Gasteiger charge is 2.39. The quantitative estimate of drug-likeness (QED) is 0.374. The molecule has 0 spiro atoms. The number of methoxy groups -OCH3 is 1. The summed E-state index contributed by atoms with van der Waals surface area (Å²) in [6.45, 7) is -0.0544. The van der Waals surface area contributed by atoms with Crippen LogP contribution in [0, 0.1) is 0 Å². The molecule has 4 aromatic rings. The molecule has 1 aliphatic heterocycles. The molecule has 4 aromatic carbocycles. The van der Waals surface area contributed by atoms with Gasteiger partial charge >= 0.3 is 11.9 Å². The van der Waals surface area contributed by atoms with Crippen molar-refractivity contribution >= 4 is 33.5 Å². The Balaban J connectivity index is 1.26. The molecule has 6 heteroatoms. The van der Waals surface area contributed by atoms with Gasteiger partial charge in [0.05, 0.1) is 11.1 Å². The van der Waals surface area contributed by atoms with Crippen LogP contribution >= 0.6 is 0 Å². The van der Waals surface area contributed by atoms with Crippen molar-refractivity contribution in [2.75, 3.05) is 13.7 Å². The third kappa shape index (κ3) is 4.64. The summed E-state index contributed by atoms with van der Waals surface area (Å²) in [5.41, 5.74) is 0.899. The first-order valence-corrected chi connectivity index (χ1v) is 11.1. The van der Waals surface area contributed by atoms with Crippen molar-refractivity contribution in [1.82, 2.24) is 0 Å². The minimum Gasteiger partial charge on any atom is -0.459 e. The molecule has 1 heterocycles. The molecule has 1 unspecified atom stereocenters. The Labute approximate surface area is 197 Å². The van der Waals surface area contributed by atoms with E-state index in [1.165, 1.54) is 7.11 Å². The summed E-state index contributed by atoms with van der Waals surface area (Å²) >= 11 is 0. The van der Waals surface area contributed by atoms with Crippen LogP contribution in [0.2, 0.25) is 0 Å². The van der Waals surface area contributed by atoms with E-state index in [1.807, 2.05) is 60.7 Å². The Morgan fingerprint density at radius 2 is 1.35 bits per heavy atom. The van der Waals surface area contributed by atoms with Gasteiger partial charge in [0.25, 0.3) is 0 Å². The molecular formula is C28H24O6. The number of hydrogen-bond donors (Lipinski definition) is 0. The minimum atomic E-state index is -0.626. The van der Waals surface area contributed by atoms with Crippen molar-refractivity contribution in [3.63, 3.8) is 0 Å². The average Bonchev–Trinajstić information content (AvgIpc) is 3.28. The molecule has 34 heavy (non-hydrogen) atoms. The molecular weight excluding hydrogens is 432 g/mol. The highest BCUT2D eigenvalue weighted by atomic mass is 16.7. The van der Waals surface area contributed by atoms with Crippen molar-refractivity contribution in [3.05, 3.63) is 96.1 Å². The zero-order valence-corrected chi connectivity index (χ0v) is 18.7. The molecule has 6 nitrogen and oxygen atoms in total. The first-order chi connectivity index (χ1) is 16.6. The van der Waals surface area contributed by atoms with Gasteiger partial charge in [0.15, 0.2) is 6.29 Å². The lowest BCUT2D eigenvalue weighted by molar-refractivity contribution is -0.128. The van der Waals surface area contributed by atoms with Gasteiger partial charge in [-0.2, -0.15) is 0 Å². The van der Waals surface area contributed by atoms with E-state index >= 15 is 0 Å². The lowest BCUT2D eigenvalue weighted by Crippen LogP contribution is -2.32. The highest BCUT2D eigenvalue weighted by molar-refractivity contribution is 5.96. The van der Waals surface area contributed by atoms with Crippen LogP contribution in [0.25, 0.3) is 21.5 Å². The van der Waals surface area contributed by atoms with Gasteiger partial charge < -0.3 is 18.9 Å². The predicted molar refractivity (Wildman–Crippen MR) is 128 cm³/mol. The molecule has 1 fully saturated rings. The van der Waals surface area contributed by atoms with Crippen LogP contribution in [-0.4, -0.2) is 44.2 Å². The van der Waals surface area contributed by atoms with Crippen LogP contribution in [0.4, 0.5) is 0 Å². The standard InChI is InChI=1S/C28H24O6/c1-31-26-16-24(34-28(30)23-13-11-19-7-3-5-9-21(19)15-23)25(33-26)17-32-27(29)22-12-10-18-6-2-4-8-20(18)14-22/h2-15,24-26H,16-17H2,1H3/t24-,25+,26?/m1/s1. The highest BCUT2D eigenvalue weighted by Crippen LogP contribution is 2.26. The summed E-state index contributed by atoms with van der Waals surface area (Å²) in [7, 11) is 1.52. The van der Waals surface area contributed by atoms with Gasteiger partial charge in [-0.3, -0.25) is 0 Å². The van der Waals surface area contributed by atoms with E-state index in [9.17, 15) is 9.59 Å². The molecule has 3 atom stereocenters. The monoisotopic (exact) mass is 456 g/mol. The Morgan fingerprint density at radius 1 is 0.794 bits per heavy atom. The lowest BCUT2D eigenvalue weighted by Gasteiger charge is -2.19. The van der Waals surface area contributed by atoms with E-state index in [-0.39, 0.29) is 6.61 Å². The second-order valence-electron chi connectivity index (χ2n) is 8.24. The fraction of sp³-hybridized carbons (Fsp3) is 0.214. The number of carbonyl (C=O) groups is 2. The largest absolute Gasteiger partial charge is 0.459 e. The van der Waals surface area contributed by atoms with Gasteiger partial charge in [-0.05, 0) is 45.8 Å². The molecule has 0 aliphatic carbocycles. The Hall–Kier alpha value is -3.74. The smallest absolute Gasteiger partial charge is 0.338 e. The zero-order chi connectivity index (χ0) is 23.5. The van der Waals surface area contributed by atoms with Crippen LogP contribution in [0.5, 0.6) is 0 Å².